The van der Waals surface area contributed by atoms with Gasteiger partial charge in [0.1, 0.15) is 0 Å². The predicted molar refractivity (Wildman–Crippen MR) is 51.5 cm³/mol. The summed E-state index contributed by atoms with van der Waals surface area (Å²) in [6.07, 6.45) is 0.985. The highest BCUT2D eigenvalue weighted by Gasteiger charge is 2.22. The zero-order valence-corrected chi connectivity index (χ0v) is 8.41. The molecule has 72 valence electrons. The van der Waals surface area contributed by atoms with E-state index in [2.05, 4.69) is 10.6 Å². The van der Waals surface area contributed by atoms with Gasteiger partial charge in [-0.15, -0.1) is 12.4 Å². The second-order valence-electron chi connectivity index (χ2n) is 3.35. The minimum atomic E-state index is 0. The van der Waals surface area contributed by atoms with E-state index in [-0.39, 0.29) is 30.3 Å². The van der Waals surface area contributed by atoms with E-state index in [0.29, 0.717) is 0 Å². The lowest BCUT2D eigenvalue weighted by molar-refractivity contribution is -0.124. The molecule has 4 heteroatoms. The van der Waals surface area contributed by atoms with Crippen LogP contribution in [-0.2, 0) is 4.79 Å². The fourth-order valence-corrected chi connectivity index (χ4v) is 1.28. The highest BCUT2D eigenvalue weighted by molar-refractivity contribution is 5.85. The predicted octanol–water partition coefficient (Wildman–Crippen LogP) is 0.542. The molecule has 1 aliphatic heterocycles. The second-order valence-corrected chi connectivity index (χ2v) is 3.35. The summed E-state index contributed by atoms with van der Waals surface area (Å²) in [4.78, 5) is 11.3. The van der Waals surface area contributed by atoms with Crippen LogP contribution in [0.15, 0.2) is 0 Å². The maximum atomic E-state index is 11.3. The van der Waals surface area contributed by atoms with Crippen LogP contribution in [0.5, 0.6) is 0 Å². The first-order chi connectivity index (χ1) is 5.20. The quantitative estimate of drug-likeness (QED) is 0.671. The molecule has 2 N–H and O–H groups in total. The SMILES string of the molecule is CC(C)NC(=O)C1CCNC1.Cl. The van der Waals surface area contributed by atoms with Gasteiger partial charge in [0.2, 0.25) is 5.91 Å². The van der Waals surface area contributed by atoms with Crippen molar-refractivity contribution in [1.82, 2.24) is 10.6 Å². The maximum Gasteiger partial charge on any atom is 0.224 e. The molecule has 1 aliphatic rings. The molecule has 0 aromatic heterocycles. The zero-order valence-electron chi connectivity index (χ0n) is 7.59. The summed E-state index contributed by atoms with van der Waals surface area (Å²) in [5.74, 6) is 0.405. The van der Waals surface area contributed by atoms with Crippen LogP contribution in [-0.4, -0.2) is 25.0 Å². The van der Waals surface area contributed by atoms with Crippen molar-refractivity contribution >= 4 is 18.3 Å². The third-order valence-corrected chi connectivity index (χ3v) is 1.86. The Kier molecular flexibility index (Phi) is 5.25. The van der Waals surface area contributed by atoms with Gasteiger partial charge in [-0.2, -0.15) is 0 Å². The fourth-order valence-electron chi connectivity index (χ4n) is 1.28. The van der Waals surface area contributed by atoms with Crippen LogP contribution in [0.1, 0.15) is 20.3 Å². The van der Waals surface area contributed by atoms with E-state index in [9.17, 15) is 4.79 Å². The Morgan fingerprint density at radius 2 is 2.25 bits per heavy atom. The average Bonchev–Trinajstić information content (AvgIpc) is 2.35. The van der Waals surface area contributed by atoms with Gasteiger partial charge >= 0.3 is 0 Å². The first-order valence-corrected chi connectivity index (χ1v) is 4.21. The average molecular weight is 193 g/mol. The summed E-state index contributed by atoms with van der Waals surface area (Å²) in [6.45, 7) is 5.80. The Morgan fingerprint density at radius 1 is 1.58 bits per heavy atom. The summed E-state index contributed by atoms with van der Waals surface area (Å²) >= 11 is 0. The molecule has 0 saturated carbocycles. The normalized spacial score (nSPS) is 22.1. The summed E-state index contributed by atoms with van der Waals surface area (Å²) in [5.41, 5.74) is 0. The maximum absolute atomic E-state index is 11.3. The summed E-state index contributed by atoms with van der Waals surface area (Å²) in [7, 11) is 0. The number of carbonyl (C=O) groups excluding carboxylic acids is 1. The number of amides is 1. The van der Waals surface area contributed by atoms with Gasteiger partial charge in [0.15, 0.2) is 0 Å². The van der Waals surface area contributed by atoms with E-state index in [1.54, 1.807) is 0 Å². The molecule has 0 aliphatic carbocycles. The van der Waals surface area contributed by atoms with Gasteiger partial charge in [0, 0.05) is 12.6 Å². The Balaban J connectivity index is 0.00000121. The molecule has 1 atom stereocenters. The van der Waals surface area contributed by atoms with Crippen molar-refractivity contribution in [3.8, 4) is 0 Å². The Bertz CT molecular complexity index is 144. The number of halogens is 1. The van der Waals surface area contributed by atoms with Crippen LogP contribution < -0.4 is 10.6 Å². The fraction of sp³-hybridized carbons (Fsp3) is 0.875. The van der Waals surface area contributed by atoms with Gasteiger partial charge in [0.25, 0.3) is 0 Å². The van der Waals surface area contributed by atoms with Gasteiger partial charge in [0.05, 0.1) is 5.92 Å². The molecule has 1 heterocycles. The minimum Gasteiger partial charge on any atom is -0.354 e. The number of nitrogens with one attached hydrogen (secondary N) is 2. The van der Waals surface area contributed by atoms with Crippen molar-refractivity contribution in [2.75, 3.05) is 13.1 Å². The third kappa shape index (κ3) is 3.41. The molecule has 0 aromatic carbocycles. The van der Waals surface area contributed by atoms with Crippen molar-refractivity contribution < 1.29 is 4.79 Å². The molecule has 0 spiro atoms. The van der Waals surface area contributed by atoms with E-state index >= 15 is 0 Å². The van der Waals surface area contributed by atoms with Gasteiger partial charge < -0.3 is 10.6 Å². The number of carbonyl (C=O) groups is 1. The Morgan fingerprint density at radius 3 is 2.67 bits per heavy atom. The lowest BCUT2D eigenvalue weighted by Gasteiger charge is -2.11. The van der Waals surface area contributed by atoms with Crippen LogP contribution in [0, 0.1) is 5.92 Å². The Labute approximate surface area is 79.7 Å². The molecule has 0 bridgehead atoms. The van der Waals surface area contributed by atoms with Crippen molar-refractivity contribution in [3.05, 3.63) is 0 Å². The van der Waals surface area contributed by atoms with E-state index in [4.69, 9.17) is 0 Å². The molecule has 1 unspecified atom stereocenters. The van der Waals surface area contributed by atoms with E-state index in [1.165, 1.54) is 0 Å². The lowest BCUT2D eigenvalue weighted by Crippen LogP contribution is -2.36. The molecule has 0 radical (unpaired) electrons. The van der Waals surface area contributed by atoms with Crippen molar-refractivity contribution in [3.63, 3.8) is 0 Å². The summed E-state index contributed by atoms with van der Waals surface area (Å²) in [5, 5.41) is 6.07. The number of hydrogen-bond acceptors (Lipinski definition) is 2. The number of rotatable bonds is 2. The van der Waals surface area contributed by atoms with Crippen LogP contribution in [0.4, 0.5) is 0 Å². The topological polar surface area (TPSA) is 41.1 Å². The van der Waals surface area contributed by atoms with Crippen molar-refractivity contribution in [2.24, 2.45) is 5.92 Å². The molecular weight excluding hydrogens is 176 g/mol. The lowest BCUT2D eigenvalue weighted by atomic mass is 10.1. The molecule has 1 amide bonds. The second kappa shape index (κ2) is 5.38. The first-order valence-electron chi connectivity index (χ1n) is 4.21. The number of hydrogen-bond donors (Lipinski definition) is 2. The van der Waals surface area contributed by atoms with Crippen LogP contribution in [0.25, 0.3) is 0 Å². The van der Waals surface area contributed by atoms with E-state index in [1.807, 2.05) is 13.8 Å². The standard InChI is InChI=1S/C8H16N2O.ClH/c1-6(2)10-8(11)7-3-4-9-5-7;/h6-7,9H,3-5H2,1-2H3,(H,10,11);1H. The highest BCUT2D eigenvalue weighted by atomic mass is 35.5. The van der Waals surface area contributed by atoms with Crippen molar-refractivity contribution in [2.45, 2.75) is 26.3 Å². The van der Waals surface area contributed by atoms with Gasteiger partial charge in [-0.25, -0.2) is 0 Å². The molecule has 3 nitrogen and oxygen atoms in total. The van der Waals surface area contributed by atoms with Gasteiger partial charge in [-0.1, -0.05) is 0 Å². The molecule has 1 rings (SSSR count). The van der Waals surface area contributed by atoms with Gasteiger partial charge in [-0.3, -0.25) is 4.79 Å². The van der Waals surface area contributed by atoms with E-state index in [0.717, 1.165) is 19.5 Å². The van der Waals surface area contributed by atoms with Gasteiger partial charge in [-0.05, 0) is 26.8 Å². The zero-order chi connectivity index (χ0) is 8.27. The molecule has 0 aromatic rings. The third-order valence-electron chi connectivity index (χ3n) is 1.86. The molecular formula is C8H17ClN2O. The first kappa shape index (κ1) is 11.7. The van der Waals surface area contributed by atoms with E-state index < -0.39 is 0 Å². The highest BCUT2D eigenvalue weighted by Crippen LogP contribution is 2.06. The largest absolute Gasteiger partial charge is 0.354 e. The van der Waals surface area contributed by atoms with Crippen LogP contribution >= 0.6 is 12.4 Å². The monoisotopic (exact) mass is 192 g/mol. The van der Waals surface area contributed by atoms with Crippen LogP contribution in [0.2, 0.25) is 0 Å². The smallest absolute Gasteiger partial charge is 0.224 e. The van der Waals surface area contributed by atoms with Crippen LogP contribution in [0.3, 0.4) is 0 Å². The Hall–Kier alpha value is -0.280. The minimum absolute atomic E-state index is 0. The van der Waals surface area contributed by atoms with Crippen molar-refractivity contribution in [1.29, 1.82) is 0 Å². The summed E-state index contributed by atoms with van der Waals surface area (Å²) in [6, 6.07) is 0.267. The summed E-state index contributed by atoms with van der Waals surface area (Å²) < 4.78 is 0. The molecule has 12 heavy (non-hydrogen) atoms. The molecule has 1 saturated heterocycles. The molecule has 1 fully saturated rings.